The van der Waals surface area contributed by atoms with E-state index in [1.54, 1.807) is 0 Å². The van der Waals surface area contributed by atoms with Gasteiger partial charge >= 0.3 is 0 Å². The first kappa shape index (κ1) is 13.2. The zero-order valence-electron chi connectivity index (χ0n) is 12.4. The lowest BCUT2D eigenvalue weighted by Crippen LogP contribution is -2.55. The molecule has 2 atom stereocenters. The lowest BCUT2D eigenvalue weighted by molar-refractivity contribution is -0.127. The number of ketones is 1. The standard InChI is InChI=1S/C18H21NO2/c1-19-16-8-15(9-17(19)11-21-10-16)18(20)14-6-12-4-2-3-5-13(12)7-14/h2-6,15-17H,7-11H2,1H3. The van der Waals surface area contributed by atoms with Gasteiger partial charge in [0.05, 0.1) is 13.2 Å². The van der Waals surface area contributed by atoms with Crippen molar-refractivity contribution in [1.82, 2.24) is 4.90 Å². The van der Waals surface area contributed by atoms with Crippen molar-refractivity contribution in [3.63, 3.8) is 0 Å². The number of Topliss-reactive ketones (excluding diaryl/α,β-unsaturated/α-hetero) is 1. The molecule has 1 aromatic carbocycles. The normalized spacial score (nSPS) is 31.7. The summed E-state index contributed by atoms with van der Waals surface area (Å²) >= 11 is 0. The second-order valence-corrected chi connectivity index (χ2v) is 6.59. The second-order valence-electron chi connectivity index (χ2n) is 6.59. The van der Waals surface area contributed by atoms with Crippen LogP contribution in [0.1, 0.15) is 24.0 Å². The molecule has 0 saturated carbocycles. The highest BCUT2D eigenvalue weighted by Crippen LogP contribution is 2.35. The summed E-state index contributed by atoms with van der Waals surface area (Å²) in [5.74, 6) is 0.553. The maximum atomic E-state index is 12.9. The van der Waals surface area contributed by atoms with E-state index in [1.165, 1.54) is 11.1 Å². The zero-order chi connectivity index (χ0) is 14.4. The highest BCUT2D eigenvalue weighted by molar-refractivity contribution is 6.03. The molecule has 3 nitrogen and oxygen atoms in total. The van der Waals surface area contributed by atoms with Gasteiger partial charge in [-0.15, -0.1) is 0 Å². The third kappa shape index (κ3) is 2.25. The number of piperidine rings is 1. The lowest BCUT2D eigenvalue weighted by Gasteiger charge is -2.46. The van der Waals surface area contributed by atoms with Crippen LogP contribution in [0.25, 0.3) is 6.08 Å². The van der Waals surface area contributed by atoms with Crippen molar-refractivity contribution in [2.45, 2.75) is 31.3 Å². The van der Waals surface area contributed by atoms with Crippen molar-refractivity contribution >= 4 is 11.9 Å². The van der Waals surface area contributed by atoms with Crippen molar-refractivity contribution in [3.05, 3.63) is 41.0 Å². The highest BCUT2D eigenvalue weighted by atomic mass is 16.5. The Balaban J connectivity index is 1.52. The van der Waals surface area contributed by atoms with Gasteiger partial charge in [0.25, 0.3) is 0 Å². The number of allylic oxidation sites excluding steroid dienone is 1. The second kappa shape index (κ2) is 5.08. The molecular formula is C18H21NO2. The van der Waals surface area contributed by atoms with Gasteiger partial charge in [-0.2, -0.15) is 0 Å². The molecule has 2 aliphatic heterocycles. The summed E-state index contributed by atoms with van der Waals surface area (Å²) in [7, 11) is 2.17. The summed E-state index contributed by atoms with van der Waals surface area (Å²) in [5, 5.41) is 0. The van der Waals surface area contributed by atoms with E-state index in [-0.39, 0.29) is 5.92 Å². The first-order chi connectivity index (χ1) is 10.2. The summed E-state index contributed by atoms with van der Waals surface area (Å²) in [5.41, 5.74) is 3.51. The van der Waals surface area contributed by atoms with Gasteiger partial charge in [0.1, 0.15) is 0 Å². The minimum atomic E-state index is 0.181. The lowest BCUT2D eigenvalue weighted by atomic mass is 9.80. The van der Waals surface area contributed by atoms with E-state index >= 15 is 0 Å². The monoisotopic (exact) mass is 283 g/mol. The Kier molecular flexibility index (Phi) is 3.20. The first-order valence-electron chi connectivity index (χ1n) is 7.85. The van der Waals surface area contributed by atoms with Crippen LogP contribution in [0.15, 0.2) is 29.8 Å². The van der Waals surface area contributed by atoms with E-state index < -0.39 is 0 Å². The smallest absolute Gasteiger partial charge is 0.162 e. The molecule has 3 aliphatic rings. The first-order valence-corrected chi connectivity index (χ1v) is 7.85. The quantitative estimate of drug-likeness (QED) is 0.834. The molecule has 2 bridgehead atoms. The number of ether oxygens (including phenoxy) is 1. The molecule has 1 aromatic rings. The van der Waals surface area contributed by atoms with E-state index in [9.17, 15) is 4.79 Å². The number of fused-ring (bicyclic) bond motifs is 3. The highest BCUT2D eigenvalue weighted by Gasteiger charge is 2.40. The van der Waals surface area contributed by atoms with Gasteiger partial charge in [-0.1, -0.05) is 24.3 Å². The summed E-state index contributed by atoms with van der Waals surface area (Å²) in [4.78, 5) is 15.3. The Hall–Kier alpha value is -1.45. The zero-order valence-corrected chi connectivity index (χ0v) is 12.4. The fraction of sp³-hybridized carbons (Fsp3) is 0.500. The van der Waals surface area contributed by atoms with Gasteiger partial charge in [0.2, 0.25) is 0 Å². The van der Waals surface area contributed by atoms with Crippen LogP contribution in [-0.2, 0) is 16.0 Å². The largest absolute Gasteiger partial charge is 0.378 e. The number of hydrogen-bond acceptors (Lipinski definition) is 3. The predicted molar refractivity (Wildman–Crippen MR) is 82.0 cm³/mol. The van der Waals surface area contributed by atoms with Crippen molar-refractivity contribution in [2.75, 3.05) is 20.3 Å². The van der Waals surface area contributed by atoms with Crippen molar-refractivity contribution in [1.29, 1.82) is 0 Å². The molecule has 0 spiro atoms. The molecule has 0 radical (unpaired) electrons. The third-order valence-corrected chi connectivity index (χ3v) is 5.34. The molecule has 21 heavy (non-hydrogen) atoms. The van der Waals surface area contributed by atoms with Crippen LogP contribution in [0.5, 0.6) is 0 Å². The van der Waals surface area contributed by atoms with Crippen LogP contribution in [0, 0.1) is 5.92 Å². The van der Waals surface area contributed by atoms with E-state index in [0.717, 1.165) is 38.0 Å². The topological polar surface area (TPSA) is 29.5 Å². The number of morpholine rings is 1. The molecule has 110 valence electrons. The molecule has 2 heterocycles. The Labute approximate surface area is 125 Å². The van der Waals surface area contributed by atoms with Crippen LogP contribution in [0.4, 0.5) is 0 Å². The molecule has 0 amide bonds. The molecular weight excluding hydrogens is 262 g/mol. The summed E-state index contributed by atoms with van der Waals surface area (Å²) < 4.78 is 5.64. The molecule has 4 rings (SSSR count). The van der Waals surface area contributed by atoms with Crippen molar-refractivity contribution in [2.24, 2.45) is 5.92 Å². The predicted octanol–water partition coefficient (Wildman–Crippen LogP) is 2.30. The van der Waals surface area contributed by atoms with Crippen LogP contribution in [-0.4, -0.2) is 43.0 Å². The van der Waals surface area contributed by atoms with Gasteiger partial charge in [-0.25, -0.2) is 0 Å². The molecule has 2 saturated heterocycles. The fourth-order valence-electron chi connectivity index (χ4n) is 4.01. The molecule has 2 fully saturated rings. The fourth-order valence-corrected chi connectivity index (χ4v) is 4.01. The number of nitrogens with zero attached hydrogens (tertiary/aromatic N) is 1. The van der Waals surface area contributed by atoms with E-state index in [1.807, 2.05) is 6.07 Å². The van der Waals surface area contributed by atoms with Crippen LogP contribution < -0.4 is 0 Å². The van der Waals surface area contributed by atoms with Crippen LogP contribution in [0.3, 0.4) is 0 Å². The van der Waals surface area contributed by atoms with Gasteiger partial charge in [0, 0.05) is 30.0 Å². The average Bonchev–Trinajstić information content (AvgIpc) is 2.90. The summed E-state index contributed by atoms with van der Waals surface area (Å²) in [6.07, 6.45) is 4.80. The Morgan fingerprint density at radius 2 is 1.90 bits per heavy atom. The van der Waals surface area contributed by atoms with Gasteiger partial charge in [-0.3, -0.25) is 9.69 Å². The number of carbonyl (C=O) groups excluding carboxylic acids is 1. The summed E-state index contributed by atoms with van der Waals surface area (Å²) in [6.45, 7) is 1.55. The number of rotatable bonds is 2. The Bertz CT molecular complexity index is 593. The minimum absolute atomic E-state index is 0.181. The van der Waals surface area contributed by atoms with Crippen molar-refractivity contribution < 1.29 is 9.53 Å². The van der Waals surface area contributed by atoms with Gasteiger partial charge < -0.3 is 4.74 Å². The number of hydrogen-bond donors (Lipinski definition) is 0. The number of carbonyl (C=O) groups is 1. The van der Waals surface area contributed by atoms with E-state index in [2.05, 4.69) is 36.2 Å². The number of benzene rings is 1. The molecule has 0 N–H and O–H groups in total. The Morgan fingerprint density at radius 3 is 2.62 bits per heavy atom. The van der Waals surface area contributed by atoms with Crippen LogP contribution in [0.2, 0.25) is 0 Å². The van der Waals surface area contributed by atoms with Gasteiger partial charge in [-0.05, 0) is 37.1 Å². The minimum Gasteiger partial charge on any atom is -0.378 e. The Morgan fingerprint density at radius 1 is 1.19 bits per heavy atom. The van der Waals surface area contributed by atoms with E-state index in [4.69, 9.17) is 4.74 Å². The maximum absolute atomic E-state index is 12.9. The third-order valence-electron chi connectivity index (χ3n) is 5.34. The summed E-state index contributed by atoms with van der Waals surface area (Å²) in [6, 6.07) is 9.15. The maximum Gasteiger partial charge on any atom is 0.162 e. The molecule has 2 unspecified atom stereocenters. The molecule has 0 aromatic heterocycles. The molecule has 1 aliphatic carbocycles. The van der Waals surface area contributed by atoms with Crippen molar-refractivity contribution in [3.8, 4) is 0 Å². The average molecular weight is 283 g/mol. The SMILES string of the molecule is CN1C2COCC1CC(C(=O)C1=Cc3ccccc3C1)C2. The molecule has 3 heteroatoms. The van der Waals surface area contributed by atoms with Gasteiger partial charge in [0.15, 0.2) is 5.78 Å². The van der Waals surface area contributed by atoms with Crippen LogP contribution >= 0.6 is 0 Å². The number of likely N-dealkylation sites (N-methyl/N-ethyl adjacent to an activating group) is 1. The van der Waals surface area contributed by atoms with E-state index in [0.29, 0.717) is 17.9 Å².